The summed E-state index contributed by atoms with van der Waals surface area (Å²) in [5, 5.41) is 19.4. The summed E-state index contributed by atoms with van der Waals surface area (Å²) in [6.07, 6.45) is 0. The molecule has 0 heterocycles. The van der Waals surface area contributed by atoms with Crippen LogP contribution in [0, 0.1) is 0 Å². The van der Waals surface area contributed by atoms with Gasteiger partial charge in [-0.15, -0.1) is 0 Å². The largest absolute Gasteiger partial charge is 0.504 e. The molecule has 0 saturated carbocycles. The number of aromatic hydroxyl groups is 2. The molecule has 29 heavy (non-hydrogen) atoms. The number of hydrogen-bond donors (Lipinski definition) is 3. The van der Waals surface area contributed by atoms with Crippen molar-refractivity contribution < 1.29 is 23.2 Å². The van der Waals surface area contributed by atoms with Gasteiger partial charge in [0.15, 0.2) is 16.2 Å². The van der Waals surface area contributed by atoms with Crippen molar-refractivity contribution >= 4 is 56.5 Å². The smallest absolute Gasteiger partial charge is 0.283 e. The van der Waals surface area contributed by atoms with Gasteiger partial charge < -0.3 is 10.2 Å². The fraction of sp³-hybridized carbons (Fsp3) is 0.0526. The van der Waals surface area contributed by atoms with Gasteiger partial charge in [-0.05, 0) is 35.9 Å². The summed E-state index contributed by atoms with van der Waals surface area (Å²) in [6, 6.07) is 12.1. The molecule has 0 bridgehead atoms. The predicted octanol–water partition coefficient (Wildman–Crippen LogP) is 5.89. The maximum Gasteiger partial charge on any atom is 0.283 e. The monoisotopic (exact) mass is 492 g/mol. The summed E-state index contributed by atoms with van der Waals surface area (Å²) < 4.78 is 34.1. The molecular formula is C19H12Cl4O5S. The Morgan fingerprint density at radius 1 is 0.828 bits per heavy atom. The lowest BCUT2D eigenvalue weighted by Gasteiger charge is -2.34. The van der Waals surface area contributed by atoms with Crippen LogP contribution in [0.4, 0.5) is 0 Å². The molecule has 1 unspecified atom stereocenters. The van der Waals surface area contributed by atoms with E-state index in [0.29, 0.717) is 0 Å². The molecule has 3 rings (SSSR count). The Labute approximate surface area is 186 Å². The zero-order chi connectivity index (χ0) is 21.6. The highest BCUT2D eigenvalue weighted by atomic mass is 35.5. The summed E-state index contributed by atoms with van der Waals surface area (Å²) >= 11 is 25.0. The Hall–Kier alpha value is -1.67. The van der Waals surface area contributed by atoms with Crippen LogP contribution in [0.25, 0.3) is 0 Å². The Balaban J connectivity index is 2.66. The van der Waals surface area contributed by atoms with Gasteiger partial charge in [-0.2, -0.15) is 8.42 Å². The van der Waals surface area contributed by atoms with Gasteiger partial charge >= 0.3 is 0 Å². The lowest BCUT2D eigenvalue weighted by molar-refractivity contribution is 0.402. The van der Waals surface area contributed by atoms with Crippen molar-refractivity contribution in [2.75, 3.05) is 0 Å². The van der Waals surface area contributed by atoms with E-state index in [0.717, 1.165) is 12.1 Å². The molecule has 0 radical (unpaired) electrons. The molecule has 0 saturated heterocycles. The van der Waals surface area contributed by atoms with Crippen molar-refractivity contribution in [2.45, 2.75) is 4.75 Å². The summed E-state index contributed by atoms with van der Waals surface area (Å²) in [7, 11) is -5.10. The summed E-state index contributed by atoms with van der Waals surface area (Å²) in [5.74, 6) is -1.36. The van der Waals surface area contributed by atoms with Gasteiger partial charge in [0.2, 0.25) is 0 Å². The zero-order valence-corrected chi connectivity index (χ0v) is 18.1. The molecule has 152 valence electrons. The maximum absolute atomic E-state index is 13.0. The first-order valence-electron chi connectivity index (χ1n) is 7.90. The third-order valence-electron chi connectivity index (χ3n) is 4.41. The van der Waals surface area contributed by atoms with Crippen LogP contribution in [-0.4, -0.2) is 23.2 Å². The van der Waals surface area contributed by atoms with E-state index in [2.05, 4.69) is 0 Å². The number of benzene rings is 3. The fourth-order valence-electron chi connectivity index (χ4n) is 3.22. The molecule has 0 fully saturated rings. The van der Waals surface area contributed by atoms with E-state index in [-0.39, 0.29) is 31.8 Å². The van der Waals surface area contributed by atoms with Gasteiger partial charge in [-0.3, -0.25) is 4.55 Å². The van der Waals surface area contributed by atoms with Gasteiger partial charge in [0.05, 0.1) is 5.02 Å². The Bertz CT molecular complexity index is 1190. The fourth-order valence-corrected chi connectivity index (χ4v) is 5.91. The maximum atomic E-state index is 13.0. The molecule has 0 amide bonds. The van der Waals surface area contributed by atoms with E-state index in [9.17, 15) is 23.2 Å². The standard InChI is InChI=1S/C19H12Cl4O5S/c20-11-4-1-3-10(9-11)19(29(26,27)28,16-13(21)5-2-6-14(16)22)12-7-8-15(24)18(25)17(12)23/h1-9,24-25H,(H,26,27,28). The van der Waals surface area contributed by atoms with Crippen molar-refractivity contribution in [1.29, 1.82) is 0 Å². The Morgan fingerprint density at radius 3 is 1.97 bits per heavy atom. The first-order chi connectivity index (χ1) is 13.5. The van der Waals surface area contributed by atoms with Gasteiger partial charge in [0.1, 0.15) is 0 Å². The van der Waals surface area contributed by atoms with Crippen molar-refractivity contribution in [3.8, 4) is 11.5 Å². The number of halogens is 4. The van der Waals surface area contributed by atoms with E-state index < -0.39 is 31.4 Å². The molecule has 0 aliphatic heterocycles. The number of phenols is 2. The van der Waals surface area contributed by atoms with Crippen LogP contribution in [0.2, 0.25) is 20.1 Å². The van der Waals surface area contributed by atoms with Crippen molar-refractivity contribution in [2.24, 2.45) is 0 Å². The van der Waals surface area contributed by atoms with E-state index in [1.807, 2.05) is 0 Å². The van der Waals surface area contributed by atoms with Gasteiger partial charge in [0, 0.05) is 26.2 Å². The minimum Gasteiger partial charge on any atom is -0.504 e. The molecule has 0 spiro atoms. The summed E-state index contributed by atoms with van der Waals surface area (Å²) in [6.45, 7) is 0. The highest BCUT2D eigenvalue weighted by Crippen LogP contribution is 2.53. The first kappa shape index (κ1) is 22.0. The van der Waals surface area contributed by atoms with Crippen LogP contribution in [0.5, 0.6) is 11.5 Å². The summed E-state index contributed by atoms with van der Waals surface area (Å²) in [4.78, 5) is 0. The van der Waals surface area contributed by atoms with Crippen molar-refractivity contribution in [1.82, 2.24) is 0 Å². The van der Waals surface area contributed by atoms with E-state index in [1.54, 1.807) is 0 Å². The lowest BCUT2D eigenvalue weighted by Crippen LogP contribution is -2.39. The minimum atomic E-state index is -5.10. The normalized spacial score (nSPS) is 13.8. The highest BCUT2D eigenvalue weighted by molar-refractivity contribution is 7.87. The molecule has 10 heteroatoms. The van der Waals surface area contributed by atoms with Crippen LogP contribution in [0.3, 0.4) is 0 Å². The van der Waals surface area contributed by atoms with E-state index >= 15 is 0 Å². The number of phenolic OH excluding ortho intramolecular Hbond substituents is 2. The Kier molecular flexibility index (Phi) is 5.98. The average molecular weight is 494 g/mol. The molecule has 3 aromatic carbocycles. The summed E-state index contributed by atoms with van der Waals surface area (Å²) in [5.41, 5.74) is -0.510. The zero-order valence-electron chi connectivity index (χ0n) is 14.3. The van der Waals surface area contributed by atoms with Crippen molar-refractivity contribution in [3.63, 3.8) is 0 Å². The molecule has 3 aromatic rings. The van der Waals surface area contributed by atoms with E-state index in [1.165, 1.54) is 42.5 Å². The first-order valence-corrected chi connectivity index (χ1v) is 10.9. The van der Waals surface area contributed by atoms with Crippen LogP contribution >= 0.6 is 46.4 Å². The third kappa shape index (κ3) is 3.54. The second-order valence-corrected chi connectivity index (χ2v) is 9.25. The lowest BCUT2D eigenvalue weighted by atomic mass is 9.83. The average Bonchev–Trinajstić information content (AvgIpc) is 2.63. The van der Waals surface area contributed by atoms with Gasteiger partial charge in [-0.1, -0.05) is 70.7 Å². The van der Waals surface area contributed by atoms with Crippen LogP contribution in [-0.2, 0) is 14.9 Å². The molecular weight excluding hydrogens is 482 g/mol. The minimum absolute atomic E-state index is 0.0329. The van der Waals surface area contributed by atoms with Gasteiger partial charge in [0.25, 0.3) is 10.1 Å². The van der Waals surface area contributed by atoms with Crippen LogP contribution in [0.15, 0.2) is 54.6 Å². The second kappa shape index (κ2) is 7.87. The molecule has 5 nitrogen and oxygen atoms in total. The molecule has 0 aromatic heterocycles. The molecule has 0 aliphatic carbocycles. The topological polar surface area (TPSA) is 94.8 Å². The predicted molar refractivity (Wildman–Crippen MR) is 114 cm³/mol. The van der Waals surface area contributed by atoms with Crippen LogP contribution < -0.4 is 0 Å². The number of hydrogen-bond acceptors (Lipinski definition) is 4. The molecule has 0 aliphatic rings. The number of rotatable bonds is 4. The third-order valence-corrected chi connectivity index (χ3v) is 7.09. The highest BCUT2D eigenvalue weighted by Gasteiger charge is 2.52. The van der Waals surface area contributed by atoms with Crippen LogP contribution in [0.1, 0.15) is 16.7 Å². The quantitative estimate of drug-likeness (QED) is 0.239. The Morgan fingerprint density at radius 2 is 1.41 bits per heavy atom. The molecule has 1 atom stereocenters. The van der Waals surface area contributed by atoms with Crippen molar-refractivity contribution in [3.05, 3.63) is 91.4 Å². The van der Waals surface area contributed by atoms with E-state index in [4.69, 9.17) is 46.4 Å². The molecule has 3 N–H and O–H groups in total. The second-order valence-electron chi connectivity index (χ2n) is 6.06. The SMILES string of the molecule is O=S(=O)(O)C(c1cccc(Cl)c1)(c1ccc(O)c(O)c1Cl)c1c(Cl)cccc1Cl. The van der Waals surface area contributed by atoms with Gasteiger partial charge in [-0.25, -0.2) is 0 Å².